The molecule has 0 bridgehead atoms. The minimum Gasteiger partial charge on any atom is -0.392 e. The van der Waals surface area contributed by atoms with E-state index in [4.69, 9.17) is 0 Å². The quantitative estimate of drug-likeness (QED) is 0.111. The standard InChI is InChI=1S/C27H54N4O7/c1-19(32)14-29(15-20(2)33)12-8-6-10-24-27(38)31(18-23(5)36)25(26(37)28-24)11-7-9-13-30(16-21(3)34)17-22(4)35/h19-25,32-36H,6-18H2,1-5H3,(H,28,37). The van der Waals surface area contributed by atoms with Crippen molar-refractivity contribution in [3.8, 4) is 0 Å². The number of carbonyl (C=O) groups is 2. The Balaban J connectivity index is 2.65. The van der Waals surface area contributed by atoms with Crippen LogP contribution in [0.1, 0.15) is 73.1 Å². The molecule has 0 aromatic carbocycles. The van der Waals surface area contributed by atoms with Crippen LogP contribution < -0.4 is 5.32 Å². The van der Waals surface area contributed by atoms with Crippen LogP contribution in [0.15, 0.2) is 0 Å². The number of hydrogen-bond acceptors (Lipinski definition) is 9. The number of nitrogens with zero attached hydrogens (tertiary/aromatic N) is 3. The first kappa shape index (κ1) is 34.7. The van der Waals surface area contributed by atoms with Crippen molar-refractivity contribution in [3.05, 3.63) is 0 Å². The van der Waals surface area contributed by atoms with E-state index in [-0.39, 0.29) is 18.4 Å². The number of rotatable bonds is 20. The first-order chi connectivity index (χ1) is 17.8. The second kappa shape index (κ2) is 18.1. The van der Waals surface area contributed by atoms with Crippen molar-refractivity contribution in [1.29, 1.82) is 0 Å². The molecule has 224 valence electrons. The molecular weight excluding hydrogens is 492 g/mol. The van der Waals surface area contributed by atoms with Gasteiger partial charge in [-0.25, -0.2) is 0 Å². The van der Waals surface area contributed by atoms with Crippen LogP contribution in [-0.2, 0) is 9.59 Å². The lowest BCUT2D eigenvalue weighted by Gasteiger charge is -2.40. The zero-order valence-corrected chi connectivity index (χ0v) is 24.1. The molecule has 7 atom stereocenters. The van der Waals surface area contributed by atoms with E-state index in [2.05, 4.69) is 5.32 Å². The van der Waals surface area contributed by atoms with Gasteiger partial charge in [-0.3, -0.25) is 19.4 Å². The molecule has 1 aliphatic rings. The highest BCUT2D eigenvalue weighted by atomic mass is 16.3. The maximum absolute atomic E-state index is 13.3. The summed E-state index contributed by atoms with van der Waals surface area (Å²) in [6.45, 7) is 11.7. The molecule has 1 fully saturated rings. The van der Waals surface area contributed by atoms with Gasteiger partial charge >= 0.3 is 0 Å². The van der Waals surface area contributed by atoms with Crippen molar-refractivity contribution in [2.75, 3.05) is 45.8 Å². The van der Waals surface area contributed by atoms with E-state index in [1.165, 1.54) is 4.90 Å². The van der Waals surface area contributed by atoms with Crippen molar-refractivity contribution in [1.82, 2.24) is 20.0 Å². The van der Waals surface area contributed by atoms with Gasteiger partial charge in [-0.2, -0.15) is 0 Å². The van der Waals surface area contributed by atoms with Crippen LogP contribution in [0, 0.1) is 0 Å². The lowest BCUT2D eigenvalue weighted by atomic mass is 9.98. The minimum absolute atomic E-state index is 0.0974. The van der Waals surface area contributed by atoms with Crippen molar-refractivity contribution in [3.63, 3.8) is 0 Å². The Morgan fingerprint density at radius 3 is 1.50 bits per heavy atom. The van der Waals surface area contributed by atoms with E-state index in [1.807, 2.05) is 9.80 Å². The average molecular weight is 547 g/mol. The Labute approximate surface area is 228 Å². The van der Waals surface area contributed by atoms with Gasteiger partial charge in [0, 0.05) is 32.7 Å². The molecule has 0 radical (unpaired) electrons. The molecule has 6 N–H and O–H groups in total. The molecule has 0 spiro atoms. The van der Waals surface area contributed by atoms with Crippen LogP contribution in [0.3, 0.4) is 0 Å². The summed E-state index contributed by atoms with van der Waals surface area (Å²) in [6.07, 6.45) is 1.08. The maximum atomic E-state index is 13.3. The lowest BCUT2D eigenvalue weighted by molar-refractivity contribution is -0.151. The average Bonchev–Trinajstić information content (AvgIpc) is 2.76. The molecule has 1 saturated heterocycles. The molecule has 2 amide bonds. The molecule has 0 aliphatic carbocycles. The Morgan fingerprint density at radius 1 is 0.684 bits per heavy atom. The molecule has 11 heteroatoms. The Bertz CT molecular complexity index is 656. The van der Waals surface area contributed by atoms with E-state index >= 15 is 0 Å². The summed E-state index contributed by atoms with van der Waals surface area (Å²) >= 11 is 0. The van der Waals surface area contributed by atoms with Gasteiger partial charge in [0.05, 0.1) is 30.5 Å². The second-order valence-corrected chi connectivity index (χ2v) is 11.3. The van der Waals surface area contributed by atoms with Crippen LogP contribution >= 0.6 is 0 Å². The first-order valence-electron chi connectivity index (χ1n) is 14.3. The molecule has 7 unspecified atom stereocenters. The lowest BCUT2D eigenvalue weighted by Crippen LogP contribution is -2.64. The Hall–Kier alpha value is -1.34. The third kappa shape index (κ3) is 14.2. The van der Waals surface area contributed by atoms with Crippen molar-refractivity contribution < 1.29 is 35.1 Å². The molecule has 1 heterocycles. The molecule has 0 aromatic heterocycles. The number of unbranched alkanes of at least 4 members (excludes halogenated alkanes) is 2. The van der Waals surface area contributed by atoms with Gasteiger partial charge in [0.1, 0.15) is 12.1 Å². The van der Waals surface area contributed by atoms with Gasteiger partial charge in [-0.1, -0.05) is 0 Å². The van der Waals surface area contributed by atoms with E-state index in [9.17, 15) is 35.1 Å². The fraction of sp³-hybridized carbons (Fsp3) is 0.926. The molecule has 38 heavy (non-hydrogen) atoms. The fourth-order valence-corrected chi connectivity index (χ4v) is 5.18. The highest BCUT2D eigenvalue weighted by Crippen LogP contribution is 2.19. The summed E-state index contributed by atoms with van der Waals surface area (Å²) in [4.78, 5) is 31.8. The molecular formula is C27H54N4O7. The number of nitrogens with one attached hydrogen (secondary N) is 1. The largest absolute Gasteiger partial charge is 0.392 e. The minimum atomic E-state index is -0.755. The van der Waals surface area contributed by atoms with Crippen molar-refractivity contribution in [2.24, 2.45) is 0 Å². The third-order valence-electron chi connectivity index (χ3n) is 6.55. The zero-order chi connectivity index (χ0) is 28.8. The summed E-state index contributed by atoms with van der Waals surface area (Å²) in [6, 6.07) is -1.27. The topological polar surface area (TPSA) is 157 Å². The summed E-state index contributed by atoms with van der Waals surface area (Å²) in [5, 5.41) is 51.7. The third-order valence-corrected chi connectivity index (χ3v) is 6.55. The summed E-state index contributed by atoms with van der Waals surface area (Å²) < 4.78 is 0. The molecule has 11 nitrogen and oxygen atoms in total. The maximum Gasteiger partial charge on any atom is 0.245 e. The number of aliphatic hydroxyl groups is 5. The van der Waals surface area contributed by atoms with Crippen LogP contribution in [0.4, 0.5) is 0 Å². The SMILES string of the molecule is CC(O)CN(CCCCC1NC(=O)C(CCCCN(CC(C)O)CC(C)O)N(CC(C)O)C1=O)CC(C)O. The highest BCUT2D eigenvalue weighted by Gasteiger charge is 2.40. The number of hydrogen-bond donors (Lipinski definition) is 6. The molecule has 1 rings (SSSR count). The van der Waals surface area contributed by atoms with E-state index in [0.29, 0.717) is 65.0 Å². The van der Waals surface area contributed by atoms with Gasteiger partial charge in [-0.15, -0.1) is 0 Å². The molecule has 0 saturated carbocycles. The molecule has 0 aromatic rings. The van der Waals surface area contributed by atoms with Gasteiger partial charge < -0.3 is 35.7 Å². The van der Waals surface area contributed by atoms with E-state index < -0.39 is 42.6 Å². The highest BCUT2D eigenvalue weighted by molar-refractivity contribution is 5.96. The Morgan fingerprint density at radius 2 is 1.11 bits per heavy atom. The van der Waals surface area contributed by atoms with Crippen LogP contribution in [0.2, 0.25) is 0 Å². The van der Waals surface area contributed by atoms with Gasteiger partial charge in [0.25, 0.3) is 0 Å². The summed E-state index contributed by atoms with van der Waals surface area (Å²) in [7, 11) is 0. The normalized spacial score (nSPS) is 22.5. The van der Waals surface area contributed by atoms with Crippen LogP contribution in [-0.4, -0.2) is 140 Å². The van der Waals surface area contributed by atoms with Crippen LogP contribution in [0.5, 0.6) is 0 Å². The van der Waals surface area contributed by atoms with Gasteiger partial charge in [-0.05, 0) is 86.2 Å². The number of β-amino-alcohol motifs (C(OH)–C–C–N with tert-alkyl or cyclic N) is 1. The number of carbonyl (C=O) groups excluding carboxylic acids is 2. The predicted molar refractivity (Wildman–Crippen MR) is 146 cm³/mol. The number of aliphatic hydroxyl groups excluding tert-OH is 5. The van der Waals surface area contributed by atoms with Crippen molar-refractivity contribution >= 4 is 11.8 Å². The summed E-state index contributed by atoms with van der Waals surface area (Å²) in [5.41, 5.74) is 0. The monoisotopic (exact) mass is 546 g/mol. The van der Waals surface area contributed by atoms with Gasteiger partial charge in [0.2, 0.25) is 11.8 Å². The second-order valence-electron chi connectivity index (χ2n) is 11.3. The number of piperazine rings is 1. The smallest absolute Gasteiger partial charge is 0.245 e. The zero-order valence-electron chi connectivity index (χ0n) is 24.1. The number of amides is 2. The predicted octanol–water partition coefficient (Wildman–Crippen LogP) is -0.469. The fourth-order valence-electron chi connectivity index (χ4n) is 5.18. The molecule has 1 aliphatic heterocycles. The first-order valence-corrected chi connectivity index (χ1v) is 14.3. The van der Waals surface area contributed by atoms with E-state index in [0.717, 1.165) is 12.8 Å². The van der Waals surface area contributed by atoms with Gasteiger partial charge in [0.15, 0.2) is 0 Å². The Kier molecular flexibility index (Phi) is 16.5. The van der Waals surface area contributed by atoms with Crippen molar-refractivity contribution in [2.45, 2.75) is 116 Å². The summed E-state index contributed by atoms with van der Waals surface area (Å²) in [5.74, 6) is -0.380. The van der Waals surface area contributed by atoms with Crippen LogP contribution in [0.25, 0.3) is 0 Å². The van der Waals surface area contributed by atoms with E-state index in [1.54, 1.807) is 34.6 Å².